The van der Waals surface area contributed by atoms with Gasteiger partial charge in [0.2, 0.25) is 5.91 Å². The van der Waals surface area contributed by atoms with E-state index in [9.17, 15) is 9.18 Å². The largest absolute Gasteiger partial charge is 0.356 e. The Hall–Kier alpha value is -0.900. The van der Waals surface area contributed by atoms with Gasteiger partial charge in [-0.1, -0.05) is 22.9 Å². The highest BCUT2D eigenvalue weighted by molar-refractivity contribution is 9.10. The highest BCUT2D eigenvalue weighted by Gasteiger charge is 2.38. The van der Waals surface area contributed by atoms with Crippen molar-refractivity contribution in [1.82, 2.24) is 5.32 Å². The zero-order valence-electron chi connectivity index (χ0n) is 9.67. The maximum absolute atomic E-state index is 13.4. The molecule has 1 aromatic rings. The van der Waals surface area contributed by atoms with Gasteiger partial charge in [-0.05, 0) is 42.5 Å². The Morgan fingerprint density at radius 2 is 2.29 bits per heavy atom. The third-order valence-electron chi connectivity index (χ3n) is 3.15. The first-order chi connectivity index (χ1) is 8.08. The summed E-state index contributed by atoms with van der Waals surface area (Å²) in [7, 11) is 0. The Morgan fingerprint density at radius 1 is 1.59 bits per heavy atom. The number of rotatable bonds is 4. The second-order valence-electron chi connectivity index (χ2n) is 4.60. The summed E-state index contributed by atoms with van der Waals surface area (Å²) in [5.74, 6) is 0.579. The van der Waals surface area contributed by atoms with Gasteiger partial charge >= 0.3 is 0 Å². The predicted molar refractivity (Wildman–Crippen MR) is 68.1 cm³/mol. The van der Waals surface area contributed by atoms with Gasteiger partial charge in [0.1, 0.15) is 5.82 Å². The van der Waals surface area contributed by atoms with Gasteiger partial charge < -0.3 is 5.32 Å². The molecule has 0 aliphatic heterocycles. The number of halogens is 2. The molecule has 0 saturated heterocycles. The first-order valence-corrected chi connectivity index (χ1v) is 6.59. The van der Waals surface area contributed by atoms with Gasteiger partial charge in [-0.2, -0.15) is 0 Å². The minimum absolute atomic E-state index is 0.105. The molecule has 1 N–H and O–H groups in total. The van der Waals surface area contributed by atoms with Crippen LogP contribution in [0.2, 0.25) is 0 Å². The van der Waals surface area contributed by atoms with Crippen molar-refractivity contribution in [3.8, 4) is 0 Å². The van der Waals surface area contributed by atoms with Crippen molar-refractivity contribution in [3.05, 3.63) is 34.1 Å². The van der Waals surface area contributed by atoms with Gasteiger partial charge in [0.05, 0.1) is 0 Å². The van der Waals surface area contributed by atoms with Crippen LogP contribution < -0.4 is 5.32 Å². The molecule has 2 nitrogen and oxygen atoms in total. The lowest BCUT2D eigenvalue weighted by Gasteiger charge is -2.06. The average molecular weight is 300 g/mol. The lowest BCUT2D eigenvalue weighted by atomic mass is 10.1. The fraction of sp³-hybridized carbons (Fsp3) is 0.462. The Bertz CT molecular complexity index is 435. The molecule has 92 valence electrons. The molecule has 0 spiro atoms. The van der Waals surface area contributed by atoms with Crippen molar-refractivity contribution in [3.63, 3.8) is 0 Å². The van der Waals surface area contributed by atoms with E-state index < -0.39 is 0 Å². The summed E-state index contributed by atoms with van der Waals surface area (Å²) in [5, 5.41) is 2.85. The number of nitrogens with one attached hydrogen (secondary N) is 1. The van der Waals surface area contributed by atoms with E-state index in [-0.39, 0.29) is 17.6 Å². The number of carbonyl (C=O) groups excluding carboxylic acids is 1. The van der Waals surface area contributed by atoms with Gasteiger partial charge in [-0.3, -0.25) is 4.79 Å². The van der Waals surface area contributed by atoms with Gasteiger partial charge in [0.25, 0.3) is 0 Å². The highest BCUT2D eigenvalue weighted by Crippen LogP contribution is 2.37. The van der Waals surface area contributed by atoms with E-state index in [0.717, 1.165) is 10.9 Å². The van der Waals surface area contributed by atoms with Gasteiger partial charge in [-0.25, -0.2) is 4.39 Å². The molecule has 0 radical (unpaired) electrons. The summed E-state index contributed by atoms with van der Waals surface area (Å²) in [4.78, 5) is 11.5. The average Bonchev–Trinajstić information content (AvgIpc) is 3.00. The summed E-state index contributed by atoms with van der Waals surface area (Å²) in [6.45, 7) is 2.56. The van der Waals surface area contributed by atoms with Crippen LogP contribution >= 0.6 is 15.9 Å². The normalized spacial score (nSPS) is 22.3. The molecule has 2 atom stereocenters. The third-order valence-corrected chi connectivity index (χ3v) is 3.64. The summed E-state index contributed by atoms with van der Waals surface area (Å²) in [5.41, 5.74) is 0.628. The molecular weight excluding hydrogens is 285 g/mol. The maximum atomic E-state index is 13.4. The zero-order chi connectivity index (χ0) is 12.4. The minimum Gasteiger partial charge on any atom is -0.356 e. The first kappa shape index (κ1) is 12.6. The van der Waals surface area contributed by atoms with Crippen LogP contribution in [0.4, 0.5) is 4.39 Å². The molecule has 0 aromatic heterocycles. The van der Waals surface area contributed by atoms with Crippen LogP contribution in [0.3, 0.4) is 0 Å². The van der Waals surface area contributed by atoms with Crippen molar-refractivity contribution in [1.29, 1.82) is 0 Å². The standard InChI is InChI=1S/C13H15BrFNO/c1-8-6-11(8)13(17)16-5-4-9-7-10(14)2-3-12(9)15/h2-3,7-8,11H,4-6H2,1H3,(H,16,17)/t8-,11-/m1/s1. The predicted octanol–water partition coefficient (Wildman–Crippen LogP) is 2.90. The van der Waals surface area contributed by atoms with Crippen molar-refractivity contribution < 1.29 is 9.18 Å². The summed E-state index contributed by atoms with van der Waals surface area (Å²) in [6, 6.07) is 4.86. The van der Waals surface area contributed by atoms with Crippen LogP contribution in [0.25, 0.3) is 0 Å². The fourth-order valence-electron chi connectivity index (χ4n) is 1.87. The molecule has 0 unspecified atom stereocenters. The Morgan fingerprint density at radius 3 is 2.94 bits per heavy atom. The van der Waals surface area contributed by atoms with E-state index in [1.54, 1.807) is 12.1 Å². The van der Waals surface area contributed by atoms with Crippen LogP contribution in [-0.4, -0.2) is 12.5 Å². The lowest BCUT2D eigenvalue weighted by molar-refractivity contribution is -0.122. The van der Waals surface area contributed by atoms with Gasteiger partial charge in [-0.15, -0.1) is 0 Å². The second kappa shape index (κ2) is 5.17. The van der Waals surface area contributed by atoms with E-state index >= 15 is 0 Å². The summed E-state index contributed by atoms with van der Waals surface area (Å²) >= 11 is 3.30. The number of hydrogen-bond donors (Lipinski definition) is 1. The Kier molecular flexibility index (Phi) is 3.82. The van der Waals surface area contributed by atoms with Crippen molar-refractivity contribution >= 4 is 21.8 Å². The number of carbonyl (C=O) groups is 1. The van der Waals surface area contributed by atoms with Crippen LogP contribution in [0, 0.1) is 17.7 Å². The molecule has 4 heteroatoms. The van der Waals surface area contributed by atoms with E-state index in [4.69, 9.17) is 0 Å². The third kappa shape index (κ3) is 3.28. The van der Waals surface area contributed by atoms with E-state index in [2.05, 4.69) is 28.2 Å². The molecule has 17 heavy (non-hydrogen) atoms. The monoisotopic (exact) mass is 299 g/mol. The fourth-order valence-corrected chi connectivity index (χ4v) is 2.28. The van der Waals surface area contributed by atoms with Crippen molar-refractivity contribution in [2.45, 2.75) is 19.8 Å². The topological polar surface area (TPSA) is 29.1 Å². The summed E-state index contributed by atoms with van der Waals surface area (Å²) in [6.07, 6.45) is 1.51. The maximum Gasteiger partial charge on any atom is 0.223 e. The second-order valence-corrected chi connectivity index (χ2v) is 5.51. The SMILES string of the molecule is C[C@@H]1C[C@H]1C(=O)NCCc1cc(Br)ccc1F. The number of amides is 1. The Labute approximate surface area is 109 Å². The first-order valence-electron chi connectivity index (χ1n) is 5.79. The van der Waals surface area contributed by atoms with Crippen LogP contribution in [-0.2, 0) is 11.2 Å². The van der Waals surface area contributed by atoms with E-state index in [1.165, 1.54) is 6.07 Å². The lowest BCUT2D eigenvalue weighted by Crippen LogP contribution is -2.27. The number of hydrogen-bond acceptors (Lipinski definition) is 1. The quantitative estimate of drug-likeness (QED) is 0.910. The van der Waals surface area contributed by atoms with Crippen LogP contribution in [0.15, 0.2) is 22.7 Å². The molecule has 1 saturated carbocycles. The smallest absolute Gasteiger partial charge is 0.223 e. The minimum atomic E-state index is -0.220. The molecule has 1 aliphatic rings. The van der Waals surface area contributed by atoms with E-state index in [0.29, 0.717) is 24.4 Å². The highest BCUT2D eigenvalue weighted by atomic mass is 79.9. The molecule has 0 heterocycles. The number of benzene rings is 1. The molecule has 1 fully saturated rings. The molecule has 0 bridgehead atoms. The van der Waals surface area contributed by atoms with Gasteiger partial charge in [0, 0.05) is 16.9 Å². The molecule has 1 aromatic carbocycles. The van der Waals surface area contributed by atoms with E-state index in [1.807, 2.05) is 0 Å². The molecule has 1 amide bonds. The zero-order valence-corrected chi connectivity index (χ0v) is 11.3. The molecule has 2 rings (SSSR count). The molecule has 1 aliphatic carbocycles. The van der Waals surface area contributed by atoms with Crippen molar-refractivity contribution in [2.75, 3.05) is 6.54 Å². The van der Waals surface area contributed by atoms with Crippen molar-refractivity contribution in [2.24, 2.45) is 11.8 Å². The summed E-state index contributed by atoms with van der Waals surface area (Å²) < 4.78 is 14.3. The van der Waals surface area contributed by atoms with Gasteiger partial charge in [0.15, 0.2) is 0 Å². The molecular formula is C13H15BrFNO. The van der Waals surface area contributed by atoms with Crippen LogP contribution in [0.1, 0.15) is 18.9 Å². The Balaban J connectivity index is 1.81. The van der Waals surface area contributed by atoms with Crippen LogP contribution in [0.5, 0.6) is 0 Å².